The van der Waals surface area contributed by atoms with Gasteiger partial charge in [-0.25, -0.2) is 0 Å². The molecular weight excluding hydrogens is 268 g/mol. The first kappa shape index (κ1) is 15.4. The number of rotatable bonds is 4. The van der Waals surface area contributed by atoms with Crippen molar-refractivity contribution in [3.63, 3.8) is 0 Å². The Kier molecular flexibility index (Phi) is 3.94. The molecule has 0 unspecified atom stereocenters. The minimum Gasteiger partial charge on any atom is -0.492 e. The lowest BCUT2D eigenvalue weighted by Gasteiger charge is -2.47. The number of hydrogen-bond acceptors (Lipinski definition) is 3. The van der Waals surface area contributed by atoms with Crippen molar-refractivity contribution < 1.29 is 14.3 Å². The summed E-state index contributed by atoms with van der Waals surface area (Å²) < 4.78 is 5.63. The van der Waals surface area contributed by atoms with Gasteiger partial charge in [-0.05, 0) is 39.8 Å². The Morgan fingerprint density at radius 1 is 1.10 bits per heavy atom. The monoisotopic (exact) mass is 290 g/mol. The van der Waals surface area contributed by atoms with Crippen LogP contribution >= 0.6 is 0 Å². The van der Waals surface area contributed by atoms with Gasteiger partial charge in [-0.15, -0.1) is 0 Å². The molecule has 1 heterocycles. The van der Waals surface area contributed by atoms with E-state index in [2.05, 4.69) is 5.32 Å². The van der Waals surface area contributed by atoms with E-state index in [4.69, 9.17) is 4.74 Å². The maximum Gasteiger partial charge on any atom is 0.248 e. The Morgan fingerprint density at radius 2 is 1.71 bits per heavy atom. The van der Waals surface area contributed by atoms with Crippen LogP contribution in [0.3, 0.4) is 0 Å². The second kappa shape index (κ2) is 5.39. The number of benzene rings is 1. The van der Waals surface area contributed by atoms with E-state index in [1.807, 2.05) is 30.3 Å². The molecule has 0 aliphatic carbocycles. The van der Waals surface area contributed by atoms with Crippen LogP contribution in [0.4, 0.5) is 0 Å². The first-order chi connectivity index (χ1) is 9.75. The molecule has 5 nitrogen and oxygen atoms in total. The fraction of sp³-hybridized carbons (Fsp3) is 0.500. The van der Waals surface area contributed by atoms with Crippen molar-refractivity contribution in [1.82, 2.24) is 10.2 Å². The lowest BCUT2D eigenvalue weighted by molar-refractivity contribution is -0.159. The highest BCUT2D eigenvalue weighted by molar-refractivity contribution is 6.01. The normalized spacial score (nSPS) is 20.1. The Balaban J connectivity index is 2.05. The van der Waals surface area contributed by atoms with Gasteiger partial charge in [0.1, 0.15) is 23.4 Å². The van der Waals surface area contributed by atoms with Crippen LogP contribution in [0, 0.1) is 0 Å². The lowest BCUT2D eigenvalue weighted by Crippen LogP contribution is -2.72. The molecule has 0 saturated carbocycles. The third kappa shape index (κ3) is 3.01. The van der Waals surface area contributed by atoms with Gasteiger partial charge in [0.25, 0.3) is 0 Å². The van der Waals surface area contributed by atoms with Crippen LogP contribution in [-0.4, -0.2) is 40.9 Å². The van der Waals surface area contributed by atoms with E-state index in [-0.39, 0.29) is 11.8 Å². The predicted octanol–water partition coefficient (Wildman–Crippen LogP) is 1.58. The van der Waals surface area contributed by atoms with Gasteiger partial charge in [-0.3, -0.25) is 9.59 Å². The van der Waals surface area contributed by atoms with E-state index in [1.54, 1.807) is 32.6 Å². The number of nitrogens with zero attached hydrogens (tertiary/aromatic N) is 1. The second-order valence-electron chi connectivity index (χ2n) is 6.26. The molecule has 0 spiro atoms. The maximum atomic E-state index is 12.5. The van der Waals surface area contributed by atoms with Crippen LogP contribution in [0.15, 0.2) is 30.3 Å². The average molecular weight is 290 g/mol. The minimum absolute atomic E-state index is 0.0937. The van der Waals surface area contributed by atoms with E-state index in [0.717, 1.165) is 5.75 Å². The number of carbonyl (C=O) groups excluding carboxylic acids is 2. The topological polar surface area (TPSA) is 58.6 Å². The molecule has 1 aliphatic rings. The van der Waals surface area contributed by atoms with Crippen LogP contribution in [-0.2, 0) is 9.59 Å². The summed E-state index contributed by atoms with van der Waals surface area (Å²) in [5, 5.41) is 2.76. The van der Waals surface area contributed by atoms with E-state index in [1.165, 1.54) is 0 Å². The number of piperazine rings is 1. The van der Waals surface area contributed by atoms with Crippen molar-refractivity contribution in [1.29, 1.82) is 0 Å². The van der Waals surface area contributed by atoms with Gasteiger partial charge < -0.3 is 15.0 Å². The Hall–Kier alpha value is -2.04. The zero-order valence-electron chi connectivity index (χ0n) is 13.0. The van der Waals surface area contributed by atoms with Crippen molar-refractivity contribution >= 4 is 11.8 Å². The van der Waals surface area contributed by atoms with Crippen LogP contribution in [0.2, 0.25) is 0 Å². The molecule has 0 aromatic heterocycles. The molecule has 0 bridgehead atoms. The zero-order valence-corrected chi connectivity index (χ0v) is 13.0. The highest BCUT2D eigenvalue weighted by atomic mass is 16.5. The molecule has 2 amide bonds. The SMILES string of the molecule is CC1(C)NC(=O)C(C)(C)N(CCOc2ccccc2)C1=O. The minimum atomic E-state index is -0.876. The average Bonchev–Trinajstić information content (AvgIpc) is 2.42. The molecule has 1 aliphatic heterocycles. The number of carbonyl (C=O) groups is 2. The number of amides is 2. The van der Waals surface area contributed by atoms with Crippen molar-refractivity contribution in [2.24, 2.45) is 0 Å². The van der Waals surface area contributed by atoms with E-state index in [9.17, 15) is 9.59 Å². The predicted molar refractivity (Wildman–Crippen MR) is 80.0 cm³/mol. The standard InChI is InChI=1S/C16H22N2O3/c1-15(2)14(20)18(16(3,4)13(19)17-15)10-11-21-12-8-6-5-7-9-12/h5-9H,10-11H2,1-4H3,(H,17,19). The highest BCUT2D eigenvalue weighted by Crippen LogP contribution is 2.25. The van der Waals surface area contributed by atoms with Gasteiger partial charge in [0.05, 0.1) is 6.54 Å². The van der Waals surface area contributed by atoms with Gasteiger partial charge in [0.15, 0.2) is 0 Å². The summed E-state index contributed by atoms with van der Waals surface area (Å²) in [5.41, 5.74) is -1.74. The fourth-order valence-electron chi connectivity index (χ4n) is 2.36. The van der Waals surface area contributed by atoms with E-state index in [0.29, 0.717) is 13.2 Å². The molecule has 1 aromatic rings. The third-order valence-electron chi connectivity index (χ3n) is 3.76. The van der Waals surface area contributed by atoms with Gasteiger partial charge in [-0.1, -0.05) is 18.2 Å². The first-order valence-electron chi connectivity index (χ1n) is 7.08. The molecule has 0 atom stereocenters. The van der Waals surface area contributed by atoms with Gasteiger partial charge in [0.2, 0.25) is 11.8 Å². The second-order valence-corrected chi connectivity index (χ2v) is 6.26. The Labute approximate surface area is 125 Å². The summed E-state index contributed by atoms with van der Waals surface area (Å²) in [4.78, 5) is 26.3. The molecule has 1 fully saturated rings. The Bertz CT molecular complexity index is 538. The molecule has 1 N–H and O–H groups in total. The van der Waals surface area contributed by atoms with Gasteiger partial charge in [-0.2, -0.15) is 0 Å². The fourth-order valence-corrected chi connectivity index (χ4v) is 2.36. The molecular formula is C16H22N2O3. The van der Waals surface area contributed by atoms with Crippen LogP contribution in [0.5, 0.6) is 5.75 Å². The van der Waals surface area contributed by atoms with Crippen LogP contribution in [0.25, 0.3) is 0 Å². The summed E-state index contributed by atoms with van der Waals surface area (Å²) in [7, 11) is 0. The largest absolute Gasteiger partial charge is 0.492 e. The van der Waals surface area contributed by atoms with Crippen molar-refractivity contribution in [3.05, 3.63) is 30.3 Å². The summed E-state index contributed by atoms with van der Waals surface area (Å²) in [5.74, 6) is 0.513. The number of para-hydroxylation sites is 1. The smallest absolute Gasteiger partial charge is 0.248 e. The molecule has 5 heteroatoms. The number of ether oxygens (including phenoxy) is 1. The summed E-state index contributed by atoms with van der Waals surface area (Å²) in [6.45, 7) is 7.65. The van der Waals surface area contributed by atoms with E-state index < -0.39 is 11.1 Å². The molecule has 2 rings (SSSR count). The summed E-state index contributed by atoms with van der Waals surface area (Å²) in [6.07, 6.45) is 0. The molecule has 1 aromatic carbocycles. The molecule has 114 valence electrons. The van der Waals surface area contributed by atoms with Crippen molar-refractivity contribution in [3.8, 4) is 5.75 Å². The summed E-state index contributed by atoms with van der Waals surface area (Å²) >= 11 is 0. The van der Waals surface area contributed by atoms with Crippen LogP contribution in [0.1, 0.15) is 27.7 Å². The van der Waals surface area contributed by atoms with Crippen LogP contribution < -0.4 is 10.1 Å². The quantitative estimate of drug-likeness (QED) is 0.916. The zero-order chi connectivity index (χ0) is 15.7. The molecule has 21 heavy (non-hydrogen) atoms. The van der Waals surface area contributed by atoms with Crippen molar-refractivity contribution in [2.45, 2.75) is 38.8 Å². The Morgan fingerprint density at radius 3 is 2.33 bits per heavy atom. The van der Waals surface area contributed by atoms with Gasteiger partial charge >= 0.3 is 0 Å². The number of nitrogens with one attached hydrogen (secondary N) is 1. The lowest BCUT2D eigenvalue weighted by atomic mass is 9.90. The maximum absolute atomic E-state index is 12.5. The first-order valence-corrected chi connectivity index (χ1v) is 7.08. The number of hydrogen-bond donors (Lipinski definition) is 1. The van der Waals surface area contributed by atoms with Crippen molar-refractivity contribution in [2.75, 3.05) is 13.2 Å². The van der Waals surface area contributed by atoms with Gasteiger partial charge in [0, 0.05) is 0 Å². The third-order valence-corrected chi connectivity index (χ3v) is 3.76. The highest BCUT2D eigenvalue weighted by Gasteiger charge is 2.49. The van der Waals surface area contributed by atoms with E-state index >= 15 is 0 Å². The molecule has 0 radical (unpaired) electrons. The molecule has 1 saturated heterocycles. The summed E-state index contributed by atoms with van der Waals surface area (Å²) in [6, 6.07) is 9.42.